The third-order valence-corrected chi connectivity index (χ3v) is 5.29. The Morgan fingerprint density at radius 2 is 2.00 bits per heavy atom. The molecule has 4 rings (SSSR count). The zero-order chi connectivity index (χ0) is 18.8. The Bertz CT molecular complexity index is 1100. The molecule has 0 aliphatic rings. The normalized spacial score (nSPS) is 11.0. The number of fused-ring (bicyclic) bond motifs is 1. The Kier molecular flexibility index (Phi) is 4.87. The molecule has 2 aromatic carbocycles. The third kappa shape index (κ3) is 3.99. The summed E-state index contributed by atoms with van der Waals surface area (Å²) in [4.78, 5) is 13.0. The van der Waals surface area contributed by atoms with E-state index in [1.807, 2.05) is 55.5 Å². The van der Waals surface area contributed by atoms with Crippen LogP contribution >= 0.6 is 22.9 Å². The molecule has 6 nitrogen and oxygen atoms in total. The Labute approximate surface area is 164 Å². The summed E-state index contributed by atoms with van der Waals surface area (Å²) in [5.74, 6) is 0.718. The van der Waals surface area contributed by atoms with Crippen molar-refractivity contribution < 1.29 is 4.79 Å². The van der Waals surface area contributed by atoms with Crippen LogP contribution in [0.15, 0.2) is 48.5 Å². The molecule has 0 radical (unpaired) electrons. The van der Waals surface area contributed by atoms with Gasteiger partial charge in [0.2, 0.25) is 10.9 Å². The fourth-order valence-electron chi connectivity index (χ4n) is 2.69. The van der Waals surface area contributed by atoms with E-state index >= 15 is 0 Å². The summed E-state index contributed by atoms with van der Waals surface area (Å²) in [5, 5.41) is 17.1. The van der Waals surface area contributed by atoms with E-state index in [-0.39, 0.29) is 5.91 Å². The number of carbonyl (C=O) groups is 1. The number of nitrogens with zero attached hydrogens (tertiary/aromatic N) is 4. The molecule has 1 N–H and O–H groups in total. The largest absolute Gasteiger partial charge is 0.326 e. The number of aryl methyl sites for hydroxylation is 2. The number of aromatic nitrogens is 4. The van der Waals surface area contributed by atoms with Gasteiger partial charge in [-0.3, -0.25) is 4.79 Å². The number of rotatable bonds is 5. The van der Waals surface area contributed by atoms with Gasteiger partial charge in [-0.1, -0.05) is 47.2 Å². The highest BCUT2D eigenvalue weighted by molar-refractivity contribution is 7.19. The molecule has 8 heteroatoms. The van der Waals surface area contributed by atoms with Gasteiger partial charge < -0.3 is 5.32 Å². The second kappa shape index (κ2) is 7.46. The Balaban J connectivity index is 1.44. The quantitative estimate of drug-likeness (QED) is 0.542. The number of nitrogens with one attached hydrogen (secondary N) is 1. The van der Waals surface area contributed by atoms with E-state index in [0.717, 1.165) is 32.6 Å². The summed E-state index contributed by atoms with van der Waals surface area (Å²) in [6.45, 7) is 1.86. The van der Waals surface area contributed by atoms with Crippen molar-refractivity contribution in [3.8, 4) is 10.6 Å². The van der Waals surface area contributed by atoms with Gasteiger partial charge in [0.25, 0.3) is 0 Å². The van der Waals surface area contributed by atoms with Crippen LogP contribution in [0, 0.1) is 6.92 Å². The molecular formula is C19H16ClN5OS. The average molecular weight is 398 g/mol. The molecule has 2 aromatic heterocycles. The smallest absolute Gasteiger partial charge is 0.234 e. The second-order valence-electron chi connectivity index (χ2n) is 6.10. The lowest BCUT2D eigenvalue weighted by Gasteiger charge is -2.07. The average Bonchev–Trinajstić information content (AvgIpc) is 3.24. The van der Waals surface area contributed by atoms with Crippen molar-refractivity contribution in [3.05, 3.63) is 64.9 Å². The van der Waals surface area contributed by atoms with E-state index in [4.69, 9.17) is 11.6 Å². The first-order valence-corrected chi connectivity index (χ1v) is 9.61. The van der Waals surface area contributed by atoms with Crippen molar-refractivity contribution in [2.45, 2.75) is 19.8 Å². The molecule has 0 bridgehead atoms. The molecule has 0 atom stereocenters. The van der Waals surface area contributed by atoms with Crippen molar-refractivity contribution in [1.29, 1.82) is 0 Å². The van der Waals surface area contributed by atoms with E-state index < -0.39 is 0 Å². The van der Waals surface area contributed by atoms with E-state index in [9.17, 15) is 4.79 Å². The number of benzene rings is 2. The first kappa shape index (κ1) is 17.6. The van der Waals surface area contributed by atoms with Crippen LogP contribution in [0.4, 0.5) is 5.69 Å². The monoisotopic (exact) mass is 397 g/mol. The highest BCUT2D eigenvalue weighted by Crippen LogP contribution is 2.27. The lowest BCUT2D eigenvalue weighted by molar-refractivity contribution is -0.116. The molecule has 1 amide bonds. The van der Waals surface area contributed by atoms with Crippen LogP contribution in [0.5, 0.6) is 0 Å². The van der Waals surface area contributed by atoms with E-state index in [0.29, 0.717) is 17.9 Å². The van der Waals surface area contributed by atoms with Crippen LogP contribution in [0.2, 0.25) is 5.02 Å². The topological polar surface area (TPSA) is 72.2 Å². The minimum absolute atomic E-state index is 0.0314. The first-order chi connectivity index (χ1) is 13.1. The molecule has 136 valence electrons. The number of carbonyl (C=O) groups excluding carboxylic acids is 1. The number of halogens is 1. The van der Waals surface area contributed by atoms with Crippen LogP contribution in [0.25, 0.3) is 15.5 Å². The Morgan fingerprint density at radius 3 is 2.78 bits per heavy atom. The van der Waals surface area contributed by atoms with Crippen LogP contribution in [-0.4, -0.2) is 25.7 Å². The van der Waals surface area contributed by atoms with E-state index in [1.54, 1.807) is 4.52 Å². The van der Waals surface area contributed by atoms with E-state index in [1.165, 1.54) is 11.3 Å². The minimum Gasteiger partial charge on any atom is -0.326 e. The lowest BCUT2D eigenvalue weighted by atomic mass is 10.1. The molecule has 2 heterocycles. The van der Waals surface area contributed by atoms with E-state index in [2.05, 4.69) is 20.6 Å². The number of hydrogen-bond acceptors (Lipinski definition) is 5. The molecule has 0 saturated carbocycles. The predicted molar refractivity (Wildman–Crippen MR) is 107 cm³/mol. The van der Waals surface area contributed by atoms with Gasteiger partial charge in [-0.2, -0.15) is 9.61 Å². The summed E-state index contributed by atoms with van der Waals surface area (Å²) in [7, 11) is 0. The van der Waals surface area contributed by atoms with Gasteiger partial charge in [-0.25, -0.2) is 0 Å². The fraction of sp³-hybridized carbons (Fsp3) is 0.158. The minimum atomic E-state index is -0.0314. The summed E-state index contributed by atoms with van der Waals surface area (Å²) < 4.78 is 1.72. The van der Waals surface area contributed by atoms with Crippen LogP contribution in [-0.2, 0) is 11.2 Å². The molecule has 0 saturated heterocycles. The molecule has 27 heavy (non-hydrogen) atoms. The van der Waals surface area contributed by atoms with Gasteiger partial charge in [0.05, 0.1) is 0 Å². The van der Waals surface area contributed by atoms with Gasteiger partial charge in [0.1, 0.15) is 5.01 Å². The molecule has 0 fully saturated rings. The summed E-state index contributed by atoms with van der Waals surface area (Å²) in [6, 6.07) is 15.2. The highest BCUT2D eigenvalue weighted by Gasteiger charge is 2.11. The zero-order valence-corrected chi connectivity index (χ0v) is 16.1. The van der Waals surface area contributed by atoms with Crippen LogP contribution in [0.3, 0.4) is 0 Å². The molecule has 0 unspecified atom stereocenters. The summed E-state index contributed by atoms with van der Waals surface area (Å²) in [6.07, 6.45) is 1.07. The standard InChI is InChI=1S/C19H16ClN5OS/c1-12-22-23-19-25(12)24-18(27-19)14-3-2-4-16(11-14)21-17(26)10-7-13-5-8-15(20)9-6-13/h2-6,8-9,11H,7,10H2,1H3,(H,21,26). The Morgan fingerprint density at radius 1 is 1.19 bits per heavy atom. The summed E-state index contributed by atoms with van der Waals surface area (Å²) >= 11 is 7.34. The van der Waals surface area contributed by atoms with Gasteiger partial charge in [-0.05, 0) is 43.2 Å². The van der Waals surface area contributed by atoms with Crippen LogP contribution < -0.4 is 5.32 Å². The molecular weight excluding hydrogens is 382 g/mol. The van der Waals surface area contributed by atoms with Crippen molar-refractivity contribution in [2.24, 2.45) is 0 Å². The number of anilines is 1. The van der Waals surface area contributed by atoms with Crippen LogP contribution in [0.1, 0.15) is 17.8 Å². The number of amides is 1. The maximum Gasteiger partial charge on any atom is 0.234 e. The second-order valence-corrected chi connectivity index (χ2v) is 7.50. The molecule has 0 spiro atoms. The third-order valence-electron chi connectivity index (χ3n) is 4.09. The first-order valence-electron chi connectivity index (χ1n) is 8.42. The Hall–Kier alpha value is -2.77. The molecule has 4 aromatic rings. The van der Waals surface area contributed by atoms with Gasteiger partial charge in [0, 0.05) is 22.7 Å². The van der Waals surface area contributed by atoms with Gasteiger partial charge >= 0.3 is 0 Å². The molecule has 0 aliphatic carbocycles. The van der Waals surface area contributed by atoms with Gasteiger partial charge in [0.15, 0.2) is 5.82 Å². The number of hydrogen-bond donors (Lipinski definition) is 1. The van der Waals surface area contributed by atoms with Gasteiger partial charge in [-0.15, -0.1) is 10.2 Å². The fourth-order valence-corrected chi connectivity index (χ4v) is 3.70. The summed E-state index contributed by atoms with van der Waals surface area (Å²) in [5.41, 5.74) is 2.76. The lowest BCUT2D eigenvalue weighted by Crippen LogP contribution is -2.12. The van der Waals surface area contributed by atoms with Crippen molar-refractivity contribution >= 4 is 39.5 Å². The molecule has 0 aliphatic heterocycles. The van der Waals surface area contributed by atoms with Crippen molar-refractivity contribution in [2.75, 3.05) is 5.32 Å². The van der Waals surface area contributed by atoms with Crippen molar-refractivity contribution in [3.63, 3.8) is 0 Å². The zero-order valence-electron chi connectivity index (χ0n) is 14.5. The predicted octanol–water partition coefficient (Wildman–Crippen LogP) is 4.39. The maximum atomic E-state index is 12.3. The van der Waals surface area contributed by atoms with Crippen molar-refractivity contribution in [1.82, 2.24) is 19.8 Å². The SMILES string of the molecule is Cc1nnc2sc(-c3cccc(NC(=O)CCc4ccc(Cl)cc4)c3)nn12. The maximum absolute atomic E-state index is 12.3. The highest BCUT2D eigenvalue weighted by atomic mass is 35.5.